The maximum atomic E-state index is 14.0. The van der Waals surface area contributed by atoms with Crippen LogP contribution in [-0.4, -0.2) is 23.9 Å². The first-order chi connectivity index (χ1) is 12.8. The van der Waals surface area contributed by atoms with E-state index < -0.39 is 17.6 Å². The van der Waals surface area contributed by atoms with Gasteiger partial charge in [0.05, 0.1) is 0 Å². The molecule has 0 aliphatic heterocycles. The Labute approximate surface area is 155 Å². The van der Waals surface area contributed by atoms with E-state index in [2.05, 4.69) is 16.0 Å². The zero-order chi connectivity index (χ0) is 19.6. The highest BCUT2D eigenvalue weighted by Gasteiger charge is 2.23. The minimum absolute atomic E-state index is 0.0411. The summed E-state index contributed by atoms with van der Waals surface area (Å²) in [4.78, 5) is 35.6. The summed E-state index contributed by atoms with van der Waals surface area (Å²) in [6.07, 6.45) is 1.94. The van der Waals surface area contributed by atoms with Crippen LogP contribution in [0.4, 0.5) is 20.6 Å². The number of carbonyl (C=O) groups excluding carboxylic acids is 3. The number of rotatable bonds is 5. The summed E-state index contributed by atoms with van der Waals surface area (Å²) in [5, 5.41) is 8.02. The molecular formula is C19H19FN4O3. The Balaban J connectivity index is 1.75. The van der Waals surface area contributed by atoms with E-state index in [4.69, 9.17) is 5.73 Å². The second-order valence-electron chi connectivity index (χ2n) is 6.40. The molecule has 0 heterocycles. The number of halogens is 1. The van der Waals surface area contributed by atoms with Crippen LogP contribution < -0.4 is 21.7 Å². The summed E-state index contributed by atoms with van der Waals surface area (Å²) in [7, 11) is 0. The fourth-order valence-electron chi connectivity index (χ4n) is 2.46. The average molecular weight is 370 g/mol. The van der Waals surface area contributed by atoms with Crippen LogP contribution in [0.3, 0.4) is 0 Å². The van der Waals surface area contributed by atoms with E-state index in [1.54, 1.807) is 18.2 Å². The van der Waals surface area contributed by atoms with Crippen molar-refractivity contribution in [2.24, 2.45) is 5.73 Å². The van der Waals surface area contributed by atoms with Crippen molar-refractivity contribution >= 4 is 29.2 Å². The highest BCUT2D eigenvalue weighted by molar-refractivity contribution is 6.06. The van der Waals surface area contributed by atoms with Gasteiger partial charge in [-0.3, -0.25) is 9.59 Å². The minimum atomic E-state index is -0.794. The van der Waals surface area contributed by atoms with E-state index >= 15 is 0 Å². The van der Waals surface area contributed by atoms with Gasteiger partial charge in [-0.2, -0.15) is 0 Å². The number of hydrogen-bond donors (Lipinski definition) is 4. The van der Waals surface area contributed by atoms with E-state index in [1.807, 2.05) is 0 Å². The number of hydrogen-bond acceptors (Lipinski definition) is 3. The molecule has 0 saturated heterocycles. The number of nitrogens with one attached hydrogen (secondary N) is 3. The first-order valence-corrected chi connectivity index (χ1v) is 8.42. The summed E-state index contributed by atoms with van der Waals surface area (Å²) in [5.41, 5.74) is 6.20. The van der Waals surface area contributed by atoms with Crippen molar-refractivity contribution in [1.29, 1.82) is 0 Å². The summed E-state index contributed by atoms with van der Waals surface area (Å²) < 4.78 is 14.0. The molecule has 27 heavy (non-hydrogen) atoms. The number of benzene rings is 2. The molecule has 0 unspecified atom stereocenters. The van der Waals surface area contributed by atoms with Gasteiger partial charge in [-0.25, -0.2) is 9.18 Å². The molecule has 2 aromatic carbocycles. The van der Waals surface area contributed by atoms with Crippen LogP contribution in [0.1, 0.15) is 39.1 Å². The monoisotopic (exact) mass is 370 g/mol. The number of primary amides is 1. The molecule has 1 aliphatic rings. The van der Waals surface area contributed by atoms with Crippen molar-refractivity contribution < 1.29 is 18.8 Å². The third kappa shape index (κ3) is 4.60. The molecular weight excluding hydrogens is 351 g/mol. The number of urea groups is 1. The normalized spacial score (nSPS) is 13.0. The summed E-state index contributed by atoms with van der Waals surface area (Å²) in [5.74, 6) is -1.95. The van der Waals surface area contributed by atoms with Crippen molar-refractivity contribution in [2.75, 3.05) is 10.6 Å². The van der Waals surface area contributed by atoms with Crippen molar-refractivity contribution in [3.05, 3.63) is 58.9 Å². The largest absolute Gasteiger partial charge is 0.366 e. The molecule has 4 amide bonds. The average Bonchev–Trinajstić information content (AvgIpc) is 3.42. The Morgan fingerprint density at radius 3 is 2.48 bits per heavy atom. The molecule has 140 valence electrons. The highest BCUT2D eigenvalue weighted by Crippen LogP contribution is 2.22. The second-order valence-corrected chi connectivity index (χ2v) is 6.40. The van der Waals surface area contributed by atoms with Gasteiger partial charge in [0, 0.05) is 34.1 Å². The van der Waals surface area contributed by atoms with Crippen molar-refractivity contribution in [1.82, 2.24) is 5.32 Å². The third-order valence-electron chi connectivity index (χ3n) is 4.17. The lowest BCUT2D eigenvalue weighted by Gasteiger charge is -2.12. The number of carbonyl (C=O) groups is 3. The standard InChI is InChI=1S/C19H19FN4O3/c1-10-15(20)8-12(17(21)25)9-16(10)24-18(26)11-3-2-4-14(7-11)23-19(27)22-13-5-6-13/h2-4,7-9,13H,5-6H2,1H3,(H2,21,25)(H,24,26)(H2,22,23,27). The quantitative estimate of drug-likeness (QED) is 0.649. The van der Waals surface area contributed by atoms with Gasteiger partial charge >= 0.3 is 6.03 Å². The highest BCUT2D eigenvalue weighted by atomic mass is 19.1. The van der Waals surface area contributed by atoms with Gasteiger partial charge in [-0.05, 0) is 50.1 Å². The van der Waals surface area contributed by atoms with Crippen LogP contribution in [0.15, 0.2) is 36.4 Å². The molecule has 3 rings (SSSR count). The molecule has 1 fully saturated rings. The van der Waals surface area contributed by atoms with Crippen LogP contribution in [0.5, 0.6) is 0 Å². The maximum Gasteiger partial charge on any atom is 0.319 e. The maximum absolute atomic E-state index is 14.0. The zero-order valence-corrected chi connectivity index (χ0v) is 14.6. The van der Waals surface area contributed by atoms with Crippen LogP contribution in [0.2, 0.25) is 0 Å². The van der Waals surface area contributed by atoms with E-state index in [-0.39, 0.29) is 34.5 Å². The second kappa shape index (κ2) is 7.45. The van der Waals surface area contributed by atoms with Gasteiger partial charge in [-0.15, -0.1) is 0 Å². The predicted molar refractivity (Wildman–Crippen MR) is 99.2 cm³/mol. The Bertz CT molecular complexity index is 925. The van der Waals surface area contributed by atoms with Crippen LogP contribution in [0, 0.1) is 12.7 Å². The fourth-order valence-corrected chi connectivity index (χ4v) is 2.46. The van der Waals surface area contributed by atoms with E-state index in [1.165, 1.54) is 19.1 Å². The minimum Gasteiger partial charge on any atom is -0.366 e. The fraction of sp³-hybridized carbons (Fsp3) is 0.211. The van der Waals surface area contributed by atoms with Crippen molar-refractivity contribution in [3.63, 3.8) is 0 Å². The molecule has 0 radical (unpaired) electrons. The van der Waals surface area contributed by atoms with Gasteiger partial charge in [0.15, 0.2) is 0 Å². The van der Waals surface area contributed by atoms with Crippen molar-refractivity contribution in [3.8, 4) is 0 Å². The molecule has 1 aliphatic carbocycles. The van der Waals surface area contributed by atoms with Gasteiger partial charge < -0.3 is 21.7 Å². The molecule has 0 atom stereocenters. The molecule has 8 heteroatoms. The smallest absolute Gasteiger partial charge is 0.319 e. The zero-order valence-electron chi connectivity index (χ0n) is 14.6. The first kappa shape index (κ1) is 18.4. The summed E-state index contributed by atoms with van der Waals surface area (Å²) >= 11 is 0. The molecule has 0 aromatic heterocycles. The molecule has 7 nitrogen and oxygen atoms in total. The van der Waals surface area contributed by atoms with Gasteiger partial charge in [-0.1, -0.05) is 6.07 Å². The molecule has 5 N–H and O–H groups in total. The van der Waals surface area contributed by atoms with Crippen molar-refractivity contribution in [2.45, 2.75) is 25.8 Å². The lowest BCUT2D eigenvalue weighted by molar-refractivity contribution is 0.0995. The summed E-state index contributed by atoms with van der Waals surface area (Å²) in [6, 6.07) is 8.57. The molecule has 2 aromatic rings. The molecule has 0 bridgehead atoms. The molecule has 1 saturated carbocycles. The predicted octanol–water partition coefficient (Wildman–Crippen LogP) is 2.77. The Morgan fingerprint density at radius 1 is 1.07 bits per heavy atom. The number of amides is 4. The van der Waals surface area contributed by atoms with Gasteiger partial charge in [0.25, 0.3) is 5.91 Å². The lowest BCUT2D eigenvalue weighted by Crippen LogP contribution is -2.30. The lowest BCUT2D eigenvalue weighted by atomic mass is 10.1. The number of anilines is 2. The van der Waals surface area contributed by atoms with E-state index in [0.29, 0.717) is 5.69 Å². The van der Waals surface area contributed by atoms with E-state index in [0.717, 1.165) is 18.9 Å². The Morgan fingerprint density at radius 2 is 1.81 bits per heavy atom. The number of nitrogens with two attached hydrogens (primary N) is 1. The van der Waals surface area contributed by atoms with Gasteiger partial charge in [0.2, 0.25) is 5.91 Å². The van der Waals surface area contributed by atoms with Crippen LogP contribution >= 0.6 is 0 Å². The Hall–Kier alpha value is -3.42. The molecule has 0 spiro atoms. The topological polar surface area (TPSA) is 113 Å². The van der Waals surface area contributed by atoms with E-state index in [9.17, 15) is 18.8 Å². The first-order valence-electron chi connectivity index (χ1n) is 8.42. The van der Waals surface area contributed by atoms with Crippen LogP contribution in [-0.2, 0) is 0 Å². The third-order valence-corrected chi connectivity index (χ3v) is 4.17. The summed E-state index contributed by atoms with van der Waals surface area (Å²) in [6.45, 7) is 1.48. The van der Waals surface area contributed by atoms with Crippen LogP contribution in [0.25, 0.3) is 0 Å². The SMILES string of the molecule is Cc1c(F)cc(C(N)=O)cc1NC(=O)c1cccc(NC(=O)NC2CC2)c1. The Kier molecular flexibility index (Phi) is 5.07. The van der Waals surface area contributed by atoms with Gasteiger partial charge in [0.1, 0.15) is 5.82 Å².